The third kappa shape index (κ3) is 1.43. The minimum Gasteiger partial charge on any atom is -0.272 e. The van der Waals surface area contributed by atoms with Gasteiger partial charge in [0.25, 0.3) is 5.91 Å². The topological polar surface area (TPSA) is 32.7 Å². The predicted octanol–water partition coefficient (Wildman–Crippen LogP) is 2.58. The Morgan fingerprint density at radius 2 is 2.00 bits per heavy atom. The first-order valence-corrected chi connectivity index (χ1v) is 5.82. The van der Waals surface area contributed by atoms with Crippen LogP contribution in [0.15, 0.2) is 35.4 Å². The Morgan fingerprint density at radius 1 is 1.19 bits per heavy atom. The quantitative estimate of drug-likeness (QED) is 0.707. The molecule has 1 aliphatic carbocycles. The van der Waals surface area contributed by atoms with E-state index in [9.17, 15) is 4.79 Å². The molecule has 1 saturated carbocycles. The lowest BCUT2D eigenvalue weighted by Gasteiger charge is -2.16. The van der Waals surface area contributed by atoms with Gasteiger partial charge in [0.05, 0.1) is 17.3 Å². The molecule has 1 heterocycles. The zero-order valence-corrected chi connectivity index (χ0v) is 9.10. The molecule has 1 aromatic rings. The molecule has 0 saturated heterocycles. The third-order valence-electron chi connectivity index (χ3n) is 3.31. The average molecular weight is 214 g/mol. The van der Waals surface area contributed by atoms with Gasteiger partial charge in [-0.25, -0.2) is 5.01 Å². The van der Waals surface area contributed by atoms with Gasteiger partial charge in [0.15, 0.2) is 0 Å². The molecule has 3 rings (SSSR count). The lowest BCUT2D eigenvalue weighted by molar-refractivity contribution is -0.120. The van der Waals surface area contributed by atoms with Crippen LogP contribution in [0.3, 0.4) is 0 Å². The molecule has 0 spiro atoms. The number of para-hydroxylation sites is 1. The minimum atomic E-state index is 0.0638. The van der Waals surface area contributed by atoms with E-state index in [4.69, 9.17) is 0 Å². The Labute approximate surface area is 94.8 Å². The van der Waals surface area contributed by atoms with Crippen molar-refractivity contribution in [2.75, 3.05) is 5.01 Å². The Hall–Kier alpha value is -1.64. The lowest BCUT2D eigenvalue weighted by atomic mass is 9.87. The summed E-state index contributed by atoms with van der Waals surface area (Å²) in [6.45, 7) is 0. The van der Waals surface area contributed by atoms with Crippen molar-refractivity contribution in [1.82, 2.24) is 0 Å². The molecule has 0 unspecified atom stereocenters. The fraction of sp³-hybridized carbons (Fsp3) is 0.385. The lowest BCUT2D eigenvalue weighted by Crippen LogP contribution is -2.28. The smallest absolute Gasteiger partial charge is 0.256 e. The van der Waals surface area contributed by atoms with Crippen LogP contribution in [0, 0.1) is 5.92 Å². The van der Waals surface area contributed by atoms with E-state index in [0.29, 0.717) is 0 Å². The number of anilines is 1. The van der Waals surface area contributed by atoms with E-state index >= 15 is 0 Å². The van der Waals surface area contributed by atoms with Crippen LogP contribution < -0.4 is 5.01 Å². The molecule has 3 heteroatoms. The number of carbonyl (C=O) groups excluding carboxylic acids is 1. The number of rotatable bonds is 1. The van der Waals surface area contributed by atoms with E-state index in [1.165, 1.54) is 6.42 Å². The van der Waals surface area contributed by atoms with E-state index in [2.05, 4.69) is 5.10 Å². The summed E-state index contributed by atoms with van der Waals surface area (Å²) in [5.74, 6) is 0.217. The van der Waals surface area contributed by atoms with E-state index in [0.717, 1.165) is 30.7 Å². The Kier molecular flexibility index (Phi) is 2.24. The van der Waals surface area contributed by atoms with Gasteiger partial charge in [-0.15, -0.1) is 0 Å². The molecular formula is C13H14N2O. The fourth-order valence-corrected chi connectivity index (χ4v) is 2.46. The van der Waals surface area contributed by atoms with Gasteiger partial charge >= 0.3 is 0 Å². The predicted molar refractivity (Wildman–Crippen MR) is 63.3 cm³/mol. The van der Waals surface area contributed by atoms with Gasteiger partial charge in [0, 0.05) is 0 Å². The van der Waals surface area contributed by atoms with Gasteiger partial charge in [-0.05, 0) is 31.4 Å². The second-order valence-corrected chi connectivity index (χ2v) is 4.38. The van der Waals surface area contributed by atoms with Crippen LogP contribution in [0.1, 0.15) is 25.7 Å². The molecule has 0 bridgehead atoms. The maximum Gasteiger partial charge on any atom is 0.256 e. The largest absolute Gasteiger partial charge is 0.272 e. The summed E-state index contributed by atoms with van der Waals surface area (Å²) in [6, 6.07) is 9.68. The molecule has 0 radical (unpaired) electrons. The van der Waals surface area contributed by atoms with Crippen molar-refractivity contribution in [2.24, 2.45) is 11.0 Å². The Morgan fingerprint density at radius 3 is 2.75 bits per heavy atom. The number of benzene rings is 1. The fourth-order valence-electron chi connectivity index (χ4n) is 2.46. The molecule has 3 nitrogen and oxygen atoms in total. The summed E-state index contributed by atoms with van der Waals surface area (Å²) in [7, 11) is 0. The van der Waals surface area contributed by atoms with E-state index in [-0.39, 0.29) is 11.8 Å². The molecule has 2 aliphatic rings. The maximum atomic E-state index is 12.2. The van der Waals surface area contributed by atoms with Crippen LogP contribution in [-0.4, -0.2) is 11.6 Å². The number of hydrazone groups is 1. The van der Waals surface area contributed by atoms with Gasteiger partial charge in [0.1, 0.15) is 0 Å². The first-order chi connectivity index (χ1) is 7.86. The molecule has 1 amide bonds. The highest BCUT2D eigenvalue weighted by atomic mass is 16.2. The number of nitrogens with zero attached hydrogens (tertiary/aromatic N) is 2. The third-order valence-corrected chi connectivity index (χ3v) is 3.31. The summed E-state index contributed by atoms with van der Waals surface area (Å²) in [5, 5.41) is 6.04. The summed E-state index contributed by atoms with van der Waals surface area (Å²) < 4.78 is 0. The van der Waals surface area contributed by atoms with Gasteiger partial charge in [-0.2, -0.15) is 5.10 Å². The zero-order valence-electron chi connectivity index (χ0n) is 9.10. The number of amides is 1. The van der Waals surface area contributed by atoms with Crippen molar-refractivity contribution in [3.05, 3.63) is 30.3 Å². The monoisotopic (exact) mass is 214 g/mol. The van der Waals surface area contributed by atoms with Crippen molar-refractivity contribution >= 4 is 17.3 Å². The summed E-state index contributed by atoms with van der Waals surface area (Å²) in [5.41, 5.74) is 1.97. The zero-order chi connectivity index (χ0) is 11.0. The van der Waals surface area contributed by atoms with E-state index in [1.54, 1.807) is 5.01 Å². The molecule has 1 atom stereocenters. The normalized spacial score (nSPS) is 24.2. The van der Waals surface area contributed by atoms with Crippen LogP contribution in [0.5, 0.6) is 0 Å². The van der Waals surface area contributed by atoms with Crippen molar-refractivity contribution < 1.29 is 4.79 Å². The minimum absolute atomic E-state index is 0.0638. The molecule has 1 fully saturated rings. The van der Waals surface area contributed by atoms with E-state index < -0.39 is 0 Å². The summed E-state index contributed by atoms with van der Waals surface area (Å²) in [4.78, 5) is 12.2. The molecule has 16 heavy (non-hydrogen) atoms. The summed E-state index contributed by atoms with van der Waals surface area (Å²) >= 11 is 0. The maximum absolute atomic E-state index is 12.2. The highest BCUT2D eigenvalue weighted by Crippen LogP contribution is 2.31. The van der Waals surface area contributed by atoms with Crippen molar-refractivity contribution in [1.29, 1.82) is 0 Å². The van der Waals surface area contributed by atoms with Crippen LogP contribution in [-0.2, 0) is 4.79 Å². The van der Waals surface area contributed by atoms with E-state index in [1.807, 2.05) is 30.3 Å². The van der Waals surface area contributed by atoms with Gasteiger partial charge in [-0.1, -0.05) is 24.6 Å². The Balaban J connectivity index is 1.93. The van der Waals surface area contributed by atoms with Crippen LogP contribution in [0.2, 0.25) is 0 Å². The highest BCUT2D eigenvalue weighted by Gasteiger charge is 2.37. The first-order valence-electron chi connectivity index (χ1n) is 5.82. The molecule has 1 aromatic carbocycles. The summed E-state index contributed by atoms with van der Waals surface area (Å²) in [6.07, 6.45) is 4.28. The number of carbonyl (C=O) groups is 1. The van der Waals surface area contributed by atoms with Gasteiger partial charge < -0.3 is 0 Å². The van der Waals surface area contributed by atoms with Crippen molar-refractivity contribution in [3.8, 4) is 0 Å². The van der Waals surface area contributed by atoms with Gasteiger partial charge in [-0.3, -0.25) is 4.79 Å². The number of hydrogen-bond acceptors (Lipinski definition) is 2. The average Bonchev–Trinajstić information content (AvgIpc) is 2.69. The van der Waals surface area contributed by atoms with Crippen molar-refractivity contribution in [2.45, 2.75) is 25.7 Å². The molecule has 82 valence electrons. The molecule has 0 aromatic heterocycles. The SMILES string of the molecule is O=C1[C@@H]2CCCCC2=NN1c1ccccc1. The van der Waals surface area contributed by atoms with Crippen LogP contribution >= 0.6 is 0 Å². The first kappa shape index (κ1) is 9.58. The number of hydrogen-bond donors (Lipinski definition) is 0. The standard InChI is InChI=1S/C13H14N2O/c16-13-11-8-4-5-9-12(11)14-15(13)10-6-2-1-3-7-10/h1-3,6-7,11H,4-5,8-9H2/t11-/m1/s1. The van der Waals surface area contributed by atoms with Gasteiger partial charge in [0.2, 0.25) is 0 Å². The van der Waals surface area contributed by atoms with Crippen LogP contribution in [0.4, 0.5) is 5.69 Å². The molecule has 1 aliphatic heterocycles. The van der Waals surface area contributed by atoms with Crippen molar-refractivity contribution in [3.63, 3.8) is 0 Å². The highest BCUT2D eigenvalue weighted by molar-refractivity contribution is 6.15. The number of fused-ring (bicyclic) bond motifs is 1. The Bertz CT molecular complexity index is 439. The molecular weight excluding hydrogens is 200 g/mol. The van der Waals surface area contributed by atoms with Crippen LogP contribution in [0.25, 0.3) is 0 Å². The second-order valence-electron chi connectivity index (χ2n) is 4.38. The second kappa shape index (κ2) is 3.74. The molecule has 0 N–H and O–H groups in total.